The van der Waals surface area contributed by atoms with E-state index < -0.39 is 8.32 Å². The zero-order chi connectivity index (χ0) is 20.5. The van der Waals surface area contributed by atoms with Crippen LogP contribution in [0.3, 0.4) is 0 Å². The molecule has 0 spiro atoms. The van der Waals surface area contributed by atoms with E-state index in [-0.39, 0.29) is 17.2 Å². The van der Waals surface area contributed by atoms with Crippen LogP contribution in [-0.2, 0) is 15.8 Å². The molecule has 0 radical (unpaired) electrons. The summed E-state index contributed by atoms with van der Waals surface area (Å²) < 4.78 is 17.5. The predicted octanol–water partition coefficient (Wildman–Crippen LogP) is 5.29. The fourth-order valence-electron chi connectivity index (χ4n) is 2.50. The molecule has 0 amide bonds. The first-order valence-corrected chi connectivity index (χ1v) is 12.8. The summed E-state index contributed by atoms with van der Waals surface area (Å²) in [5, 5.41) is 0.174. The molecule has 1 rings (SSSR count). The highest BCUT2D eigenvalue weighted by atomic mass is 28.4. The lowest BCUT2D eigenvalue weighted by molar-refractivity contribution is 0.109. The van der Waals surface area contributed by atoms with E-state index in [1.54, 1.807) is 13.2 Å². The fraction of sp³-hybridized carbons (Fsp3) is 0.636. The minimum Gasteiger partial charge on any atom is -0.497 e. The second kappa shape index (κ2) is 11.0. The molecule has 2 N–H and O–H groups in total. The summed E-state index contributed by atoms with van der Waals surface area (Å²) in [6, 6.07) is 7.85. The second-order valence-corrected chi connectivity index (χ2v) is 13.4. The summed E-state index contributed by atoms with van der Waals surface area (Å²) in [6.45, 7) is 16.5. The van der Waals surface area contributed by atoms with Crippen LogP contribution in [0.25, 0.3) is 0 Å². The maximum absolute atomic E-state index is 6.54. The third-order valence-corrected chi connectivity index (χ3v) is 9.91. The number of hydrogen-bond acceptors (Lipinski definition) is 4. The molecule has 0 fully saturated rings. The average Bonchev–Trinajstić information content (AvgIpc) is 2.62. The normalized spacial score (nSPS) is 14.6. The summed E-state index contributed by atoms with van der Waals surface area (Å²) in [5.41, 5.74) is 7.40. The molecule has 1 aromatic rings. The van der Waals surface area contributed by atoms with Gasteiger partial charge in [-0.15, -0.1) is 6.58 Å². The number of unbranched alkanes of at least 4 members (excludes halogenated alkanes) is 1. The van der Waals surface area contributed by atoms with Crippen LogP contribution in [-0.4, -0.2) is 34.2 Å². The van der Waals surface area contributed by atoms with Crippen LogP contribution in [0, 0.1) is 0 Å². The van der Waals surface area contributed by atoms with Crippen molar-refractivity contribution in [2.75, 3.05) is 13.7 Å². The molecule has 154 valence electrons. The van der Waals surface area contributed by atoms with Gasteiger partial charge in [0.05, 0.1) is 19.8 Å². The van der Waals surface area contributed by atoms with Gasteiger partial charge in [-0.3, -0.25) is 0 Å². The Labute approximate surface area is 167 Å². The summed E-state index contributed by atoms with van der Waals surface area (Å²) in [6.07, 6.45) is 4.80. The molecule has 5 heteroatoms. The Morgan fingerprint density at radius 2 is 1.78 bits per heavy atom. The van der Waals surface area contributed by atoms with Crippen LogP contribution in [0.4, 0.5) is 0 Å². The van der Waals surface area contributed by atoms with Gasteiger partial charge in [0, 0.05) is 12.6 Å². The van der Waals surface area contributed by atoms with E-state index >= 15 is 0 Å². The third kappa shape index (κ3) is 8.17. The van der Waals surface area contributed by atoms with E-state index in [2.05, 4.69) is 40.4 Å². The van der Waals surface area contributed by atoms with Crippen molar-refractivity contribution in [1.29, 1.82) is 0 Å². The van der Waals surface area contributed by atoms with Crippen LogP contribution in [0.2, 0.25) is 18.1 Å². The molecule has 0 bridgehead atoms. The maximum Gasteiger partial charge on any atom is 0.192 e. The molecule has 0 aromatic heterocycles. The van der Waals surface area contributed by atoms with Crippen molar-refractivity contribution in [3.63, 3.8) is 0 Å². The van der Waals surface area contributed by atoms with Crippen molar-refractivity contribution < 1.29 is 13.9 Å². The maximum atomic E-state index is 6.54. The van der Waals surface area contributed by atoms with E-state index in [4.69, 9.17) is 19.6 Å². The Morgan fingerprint density at radius 3 is 2.30 bits per heavy atom. The van der Waals surface area contributed by atoms with Crippen LogP contribution < -0.4 is 10.5 Å². The standard InChI is InChI=1S/C22H39NO3Si/c1-8-20(23)21(26-27(6,7)22(2,3)4)11-9-10-16-25-17-18-12-14-19(24-5)15-13-18/h8,12-15,20-21H,1,9-11,16-17,23H2,2-7H3/t20-,21-/m0/s1. The molecule has 0 saturated heterocycles. The first-order valence-electron chi connectivity index (χ1n) is 9.87. The summed E-state index contributed by atoms with van der Waals surface area (Å²) in [7, 11) is -0.171. The van der Waals surface area contributed by atoms with Crippen molar-refractivity contribution in [2.45, 2.75) is 76.9 Å². The average molecular weight is 394 g/mol. The van der Waals surface area contributed by atoms with Crippen LogP contribution in [0.15, 0.2) is 36.9 Å². The highest BCUT2D eigenvalue weighted by Crippen LogP contribution is 2.38. The monoisotopic (exact) mass is 393 g/mol. The molecule has 1 aromatic carbocycles. The van der Waals surface area contributed by atoms with Gasteiger partial charge in [0.15, 0.2) is 8.32 Å². The Morgan fingerprint density at radius 1 is 1.15 bits per heavy atom. The van der Waals surface area contributed by atoms with Crippen molar-refractivity contribution in [1.82, 2.24) is 0 Å². The van der Waals surface area contributed by atoms with Gasteiger partial charge in [-0.2, -0.15) is 0 Å². The SMILES string of the molecule is C=C[C@H](N)[C@H](CCCCOCc1ccc(OC)cc1)O[Si](C)(C)C(C)(C)C. The zero-order valence-corrected chi connectivity index (χ0v) is 19.1. The van der Waals surface area contributed by atoms with E-state index in [9.17, 15) is 0 Å². The van der Waals surface area contributed by atoms with E-state index in [0.29, 0.717) is 6.61 Å². The number of rotatable bonds is 12. The lowest BCUT2D eigenvalue weighted by Gasteiger charge is -2.40. The molecule has 27 heavy (non-hydrogen) atoms. The summed E-state index contributed by atoms with van der Waals surface area (Å²) in [4.78, 5) is 0. The molecule has 4 nitrogen and oxygen atoms in total. The number of methoxy groups -OCH3 is 1. The first kappa shape index (κ1) is 23.9. The lowest BCUT2D eigenvalue weighted by atomic mass is 10.1. The van der Waals surface area contributed by atoms with Gasteiger partial charge in [0.25, 0.3) is 0 Å². The quantitative estimate of drug-likeness (QED) is 0.298. The van der Waals surface area contributed by atoms with Crippen molar-refractivity contribution in [3.8, 4) is 5.75 Å². The molecule has 0 aliphatic rings. The Bertz CT molecular complexity index is 552. The van der Waals surface area contributed by atoms with E-state index in [0.717, 1.165) is 37.2 Å². The number of hydrogen-bond donors (Lipinski definition) is 1. The van der Waals surface area contributed by atoms with Gasteiger partial charge in [0.1, 0.15) is 5.75 Å². The highest BCUT2D eigenvalue weighted by Gasteiger charge is 2.39. The van der Waals surface area contributed by atoms with Crippen LogP contribution in [0.5, 0.6) is 5.75 Å². The van der Waals surface area contributed by atoms with E-state index in [1.807, 2.05) is 24.3 Å². The zero-order valence-electron chi connectivity index (χ0n) is 18.1. The van der Waals surface area contributed by atoms with Crippen LogP contribution >= 0.6 is 0 Å². The van der Waals surface area contributed by atoms with Gasteiger partial charge in [0.2, 0.25) is 0 Å². The molecule has 2 atom stereocenters. The van der Waals surface area contributed by atoms with Crippen molar-refractivity contribution in [3.05, 3.63) is 42.5 Å². The highest BCUT2D eigenvalue weighted by molar-refractivity contribution is 6.74. The third-order valence-electron chi connectivity index (χ3n) is 5.41. The molecule has 0 heterocycles. The molecule has 0 saturated carbocycles. The van der Waals surface area contributed by atoms with E-state index in [1.165, 1.54) is 0 Å². The number of nitrogens with two attached hydrogens (primary N) is 1. The number of benzene rings is 1. The summed E-state index contributed by atoms with van der Waals surface area (Å²) in [5.74, 6) is 0.866. The summed E-state index contributed by atoms with van der Waals surface area (Å²) >= 11 is 0. The molecular formula is C22H39NO3Si. The molecule has 0 aliphatic carbocycles. The van der Waals surface area contributed by atoms with Gasteiger partial charge in [-0.05, 0) is 55.1 Å². The Balaban J connectivity index is 2.37. The van der Waals surface area contributed by atoms with Gasteiger partial charge in [-0.1, -0.05) is 39.0 Å². The van der Waals surface area contributed by atoms with Crippen molar-refractivity contribution >= 4 is 8.32 Å². The van der Waals surface area contributed by atoms with Gasteiger partial charge >= 0.3 is 0 Å². The Kier molecular flexibility index (Phi) is 9.74. The fourth-order valence-corrected chi connectivity index (χ4v) is 3.88. The molecule has 0 unspecified atom stereocenters. The topological polar surface area (TPSA) is 53.7 Å². The van der Waals surface area contributed by atoms with Crippen LogP contribution in [0.1, 0.15) is 45.6 Å². The molecule has 0 aliphatic heterocycles. The smallest absolute Gasteiger partial charge is 0.192 e. The van der Waals surface area contributed by atoms with Gasteiger partial charge < -0.3 is 19.6 Å². The Hall–Kier alpha value is -1.14. The van der Waals surface area contributed by atoms with Gasteiger partial charge in [-0.25, -0.2) is 0 Å². The largest absolute Gasteiger partial charge is 0.497 e. The minimum atomic E-state index is -1.84. The second-order valence-electron chi connectivity index (χ2n) is 8.63. The molecular weight excluding hydrogens is 354 g/mol. The number of ether oxygens (including phenoxy) is 2. The first-order chi connectivity index (χ1) is 12.6. The predicted molar refractivity (Wildman–Crippen MR) is 117 cm³/mol. The minimum absolute atomic E-state index is 0.0324. The van der Waals surface area contributed by atoms with Crippen molar-refractivity contribution in [2.24, 2.45) is 5.73 Å². The lowest BCUT2D eigenvalue weighted by Crippen LogP contribution is -2.48.